The van der Waals surface area contributed by atoms with Crippen LogP contribution in [0.2, 0.25) is 5.02 Å². The van der Waals surface area contributed by atoms with E-state index in [9.17, 15) is 4.79 Å². The van der Waals surface area contributed by atoms with Gasteiger partial charge in [0, 0.05) is 42.2 Å². The minimum Gasteiger partial charge on any atom is -0.338 e. The van der Waals surface area contributed by atoms with Crippen LogP contribution in [0, 0.1) is 19.3 Å². The first kappa shape index (κ1) is 19.9. The van der Waals surface area contributed by atoms with Gasteiger partial charge in [-0.1, -0.05) is 23.7 Å². The molecule has 3 heterocycles. The Bertz CT molecular complexity index is 868. The van der Waals surface area contributed by atoms with Gasteiger partial charge >= 0.3 is 0 Å². The zero-order chi connectivity index (χ0) is 20.1. The van der Waals surface area contributed by atoms with Gasteiger partial charge in [-0.25, -0.2) is 4.98 Å². The van der Waals surface area contributed by atoms with E-state index in [4.69, 9.17) is 11.6 Å². The van der Waals surface area contributed by atoms with Crippen LogP contribution < -0.4 is 0 Å². The monoisotopic (exact) mass is 417 g/mol. The topological polar surface area (TPSA) is 36.4 Å². The number of aryl methyl sites for hydroxylation is 2. The number of amides is 1. The molecule has 0 bridgehead atoms. The van der Waals surface area contributed by atoms with E-state index in [0.717, 1.165) is 53.1 Å². The van der Waals surface area contributed by atoms with Crippen LogP contribution in [0.15, 0.2) is 24.3 Å². The van der Waals surface area contributed by atoms with Crippen molar-refractivity contribution in [1.82, 2.24) is 14.8 Å². The number of halogens is 1. The fourth-order valence-corrected chi connectivity index (χ4v) is 5.93. The summed E-state index contributed by atoms with van der Waals surface area (Å²) in [5.41, 5.74) is 2.47. The average Bonchev–Trinajstić information content (AvgIpc) is 2.99. The van der Waals surface area contributed by atoms with Crippen LogP contribution in [-0.4, -0.2) is 46.4 Å². The lowest BCUT2D eigenvalue weighted by Crippen LogP contribution is -2.64. The Balaban J connectivity index is 1.51. The number of benzene rings is 1. The van der Waals surface area contributed by atoms with E-state index in [1.54, 1.807) is 0 Å². The maximum Gasteiger partial charge on any atom is 0.265 e. The molecule has 2 fully saturated rings. The first-order chi connectivity index (χ1) is 13.3. The second-order valence-corrected chi connectivity index (χ2v) is 10.2. The van der Waals surface area contributed by atoms with Gasteiger partial charge in [0.2, 0.25) is 0 Å². The maximum atomic E-state index is 13.0. The van der Waals surface area contributed by atoms with Gasteiger partial charge in [-0.3, -0.25) is 9.69 Å². The van der Waals surface area contributed by atoms with Crippen LogP contribution in [0.1, 0.15) is 58.7 Å². The van der Waals surface area contributed by atoms with E-state index in [2.05, 4.69) is 35.9 Å². The number of nitrogens with zero attached hydrogens (tertiary/aromatic N) is 3. The summed E-state index contributed by atoms with van der Waals surface area (Å²) in [5, 5.41) is 1.74. The van der Waals surface area contributed by atoms with E-state index >= 15 is 0 Å². The second kappa shape index (κ2) is 7.43. The predicted octanol–water partition coefficient (Wildman–Crippen LogP) is 5.10. The molecule has 1 aromatic carbocycles. The Labute approximate surface area is 176 Å². The van der Waals surface area contributed by atoms with Crippen LogP contribution in [0.5, 0.6) is 0 Å². The van der Waals surface area contributed by atoms with Crippen molar-refractivity contribution in [2.45, 2.75) is 52.6 Å². The van der Waals surface area contributed by atoms with Crippen LogP contribution in [0.25, 0.3) is 0 Å². The van der Waals surface area contributed by atoms with Gasteiger partial charge in [0.1, 0.15) is 4.88 Å². The lowest BCUT2D eigenvalue weighted by Gasteiger charge is -2.62. The second-order valence-electron chi connectivity index (χ2n) is 8.52. The van der Waals surface area contributed by atoms with Gasteiger partial charge < -0.3 is 4.90 Å². The molecule has 2 aromatic rings. The molecule has 150 valence electrons. The maximum absolute atomic E-state index is 13.0. The molecular weight excluding hydrogens is 390 g/mol. The number of hydrogen-bond acceptors (Lipinski definition) is 4. The van der Waals surface area contributed by atoms with Crippen molar-refractivity contribution in [3.05, 3.63) is 50.4 Å². The Kier molecular flexibility index (Phi) is 5.27. The molecule has 1 aromatic heterocycles. The van der Waals surface area contributed by atoms with Gasteiger partial charge in [-0.15, -0.1) is 11.3 Å². The van der Waals surface area contributed by atoms with Crippen molar-refractivity contribution in [2.75, 3.05) is 19.6 Å². The Morgan fingerprint density at radius 1 is 1.21 bits per heavy atom. The van der Waals surface area contributed by atoms with Gasteiger partial charge in [0.25, 0.3) is 5.91 Å². The van der Waals surface area contributed by atoms with E-state index in [0.29, 0.717) is 12.1 Å². The third kappa shape index (κ3) is 3.38. The third-order valence-corrected chi connectivity index (χ3v) is 7.72. The number of aromatic nitrogens is 1. The number of rotatable bonds is 3. The molecule has 28 heavy (non-hydrogen) atoms. The van der Waals surface area contributed by atoms with Crippen LogP contribution >= 0.6 is 22.9 Å². The van der Waals surface area contributed by atoms with Crippen molar-refractivity contribution in [2.24, 2.45) is 5.41 Å². The van der Waals surface area contributed by atoms with E-state index < -0.39 is 0 Å². The highest BCUT2D eigenvalue weighted by atomic mass is 35.5. The van der Waals surface area contributed by atoms with Crippen molar-refractivity contribution in [1.29, 1.82) is 0 Å². The Hall–Kier alpha value is -1.43. The van der Waals surface area contributed by atoms with Crippen molar-refractivity contribution in [3.63, 3.8) is 0 Å². The molecule has 1 atom stereocenters. The van der Waals surface area contributed by atoms with Crippen molar-refractivity contribution < 1.29 is 4.79 Å². The van der Waals surface area contributed by atoms with E-state index in [-0.39, 0.29) is 11.3 Å². The summed E-state index contributed by atoms with van der Waals surface area (Å²) in [4.78, 5) is 22.8. The van der Waals surface area contributed by atoms with Crippen LogP contribution in [0.4, 0.5) is 0 Å². The van der Waals surface area contributed by atoms with Gasteiger partial charge in [-0.05, 0) is 58.2 Å². The molecule has 0 aliphatic carbocycles. The molecular formula is C22H28ClN3OS. The van der Waals surface area contributed by atoms with Gasteiger partial charge in [0.15, 0.2) is 0 Å². The zero-order valence-corrected chi connectivity index (χ0v) is 18.6. The smallest absolute Gasteiger partial charge is 0.265 e. The van der Waals surface area contributed by atoms with Gasteiger partial charge in [-0.2, -0.15) is 0 Å². The summed E-state index contributed by atoms with van der Waals surface area (Å²) in [7, 11) is 0. The van der Waals surface area contributed by atoms with Crippen LogP contribution in [-0.2, 0) is 0 Å². The molecule has 2 aliphatic heterocycles. The first-order valence-electron chi connectivity index (χ1n) is 10.1. The molecule has 0 N–H and O–H groups in total. The minimum atomic E-state index is 0.154. The highest BCUT2D eigenvalue weighted by Gasteiger charge is 2.54. The number of likely N-dealkylation sites (tertiary alicyclic amines) is 2. The molecule has 4 rings (SSSR count). The fraction of sp³-hybridized carbons (Fsp3) is 0.545. The predicted molar refractivity (Wildman–Crippen MR) is 115 cm³/mol. The molecule has 0 saturated carbocycles. The number of hydrogen-bond donors (Lipinski definition) is 0. The molecule has 0 radical (unpaired) electrons. The van der Waals surface area contributed by atoms with E-state index in [1.807, 2.05) is 30.9 Å². The van der Waals surface area contributed by atoms with E-state index in [1.165, 1.54) is 16.9 Å². The summed E-state index contributed by atoms with van der Waals surface area (Å²) in [6, 6.07) is 9.25. The summed E-state index contributed by atoms with van der Waals surface area (Å²) >= 11 is 7.63. The third-order valence-electron chi connectivity index (χ3n) is 6.40. The first-order valence-corrected chi connectivity index (χ1v) is 11.2. The summed E-state index contributed by atoms with van der Waals surface area (Å²) < 4.78 is 0. The molecule has 1 amide bonds. The summed E-state index contributed by atoms with van der Waals surface area (Å²) in [6.07, 6.45) is 2.10. The SMILES string of the molecule is Cc1nc(C)c(C(=O)N2CCC3(CC2)CN(C(C)C)C3c2ccc(Cl)cc2)s1. The highest BCUT2D eigenvalue weighted by Crippen LogP contribution is 2.55. The molecule has 6 heteroatoms. The lowest BCUT2D eigenvalue weighted by molar-refractivity contribution is -0.124. The zero-order valence-electron chi connectivity index (χ0n) is 17.0. The number of piperidine rings is 1. The standard InChI is InChI=1S/C22H28ClN3OS/c1-14(2)26-13-22(20(26)17-5-7-18(23)8-6-17)9-11-25(12-10-22)21(27)19-15(3)24-16(4)28-19/h5-8,14,20H,9-13H2,1-4H3. The van der Waals surface area contributed by atoms with Crippen LogP contribution in [0.3, 0.4) is 0 Å². The minimum absolute atomic E-state index is 0.154. The quantitative estimate of drug-likeness (QED) is 0.696. The largest absolute Gasteiger partial charge is 0.338 e. The molecule has 2 saturated heterocycles. The molecule has 1 unspecified atom stereocenters. The molecule has 4 nitrogen and oxygen atoms in total. The highest BCUT2D eigenvalue weighted by molar-refractivity contribution is 7.13. The summed E-state index contributed by atoms with van der Waals surface area (Å²) in [6.45, 7) is 11.2. The summed E-state index contributed by atoms with van der Waals surface area (Å²) in [5.74, 6) is 0.154. The normalized spacial score (nSPS) is 21.9. The number of carbonyl (C=O) groups excluding carboxylic acids is 1. The van der Waals surface area contributed by atoms with Crippen molar-refractivity contribution >= 4 is 28.8 Å². The average molecular weight is 418 g/mol. The number of thiazole rings is 1. The fourth-order valence-electron chi connectivity index (χ4n) is 4.91. The Morgan fingerprint density at radius 2 is 1.86 bits per heavy atom. The van der Waals surface area contributed by atoms with Crippen molar-refractivity contribution in [3.8, 4) is 0 Å². The number of carbonyl (C=O) groups is 1. The lowest BCUT2D eigenvalue weighted by atomic mass is 9.62. The van der Waals surface area contributed by atoms with Gasteiger partial charge in [0.05, 0.1) is 10.7 Å². The molecule has 1 spiro atoms. The molecule has 2 aliphatic rings. The Morgan fingerprint density at radius 3 is 2.39 bits per heavy atom.